The third-order valence-electron chi connectivity index (χ3n) is 14.9. The van der Waals surface area contributed by atoms with Gasteiger partial charge in [-0.1, -0.05) is 223 Å². The van der Waals surface area contributed by atoms with Crippen LogP contribution in [0, 0.1) is 12.0 Å². The number of phenols is 1. The summed E-state index contributed by atoms with van der Waals surface area (Å²) >= 11 is 0. The van der Waals surface area contributed by atoms with Crippen LogP contribution in [0.15, 0.2) is 200 Å². The molecule has 8 aromatic carbocycles. The van der Waals surface area contributed by atoms with Crippen molar-refractivity contribution >= 4 is 11.0 Å². The second-order valence-corrected chi connectivity index (χ2v) is 21.0. The van der Waals surface area contributed by atoms with Crippen LogP contribution in [0.1, 0.15) is 82.6 Å². The third-order valence-corrected chi connectivity index (χ3v) is 14.9. The maximum Gasteiger partial charge on any atom is 0.148 e. The Balaban J connectivity index is 0.00000596. The van der Waals surface area contributed by atoms with E-state index in [1.165, 1.54) is 47.9 Å². The van der Waals surface area contributed by atoms with Gasteiger partial charge in [0.15, 0.2) is 0 Å². The van der Waals surface area contributed by atoms with Gasteiger partial charge < -0.3 is 5.11 Å². The van der Waals surface area contributed by atoms with E-state index in [-0.39, 0.29) is 37.6 Å². The van der Waals surface area contributed by atoms with Crippen LogP contribution in [0.4, 0.5) is 0 Å². The molecule has 72 heavy (non-hydrogen) atoms. The topological polar surface area (TPSA) is 50.9 Å². The zero-order valence-corrected chi connectivity index (χ0v) is 44.0. The van der Waals surface area contributed by atoms with Crippen molar-refractivity contribution < 1.29 is 26.2 Å². The average molecular weight is 1120 g/mol. The number of aromatic hydroxyl groups is 1. The van der Waals surface area contributed by atoms with E-state index in [1.807, 2.05) is 54.7 Å². The van der Waals surface area contributed by atoms with Crippen LogP contribution in [-0.4, -0.2) is 19.6 Å². The van der Waals surface area contributed by atoms with Crippen molar-refractivity contribution in [3.05, 3.63) is 229 Å². The van der Waals surface area contributed by atoms with E-state index in [0.29, 0.717) is 17.3 Å². The average Bonchev–Trinajstić information content (AvgIpc) is 4.07. The van der Waals surface area contributed by atoms with Gasteiger partial charge in [-0.25, -0.2) is 4.98 Å². The minimum absolute atomic E-state index is 0. The van der Waals surface area contributed by atoms with Crippen LogP contribution < -0.4 is 0 Å². The van der Waals surface area contributed by atoms with Crippen molar-refractivity contribution in [1.29, 1.82) is 0 Å². The summed E-state index contributed by atoms with van der Waals surface area (Å²) in [6, 6.07) is 72.7. The molecule has 4 nitrogen and oxygen atoms in total. The Morgan fingerprint density at radius 1 is 0.542 bits per heavy atom. The largest absolute Gasteiger partial charge is 0.507 e. The summed E-state index contributed by atoms with van der Waals surface area (Å²) < 4.78 is 2.27. The zero-order valence-electron chi connectivity index (χ0n) is 41.8. The van der Waals surface area contributed by atoms with Crippen LogP contribution in [0.2, 0.25) is 0 Å². The number of phenolic OH excluding ortho intramolecular Hbond substituents is 1. The molecule has 2 heterocycles. The number of para-hydroxylation sites is 2. The van der Waals surface area contributed by atoms with Crippen LogP contribution >= 0.6 is 0 Å². The summed E-state index contributed by atoms with van der Waals surface area (Å²) in [6.45, 7) is 11.3. The first-order valence-corrected chi connectivity index (χ1v) is 25.3. The first kappa shape index (κ1) is 48.5. The van der Waals surface area contributed by atoms with Gasteiger partial charge in [-0.15, -0.1) is 29.3 Å². The van der Waals surface area contributed by atoms with Gasteiger partial charge in [-0.2, -0.15) is 0 Å². The van der Waals surface area contributed by atoms with Gasteiger partial charge in [0.05, 0.1) is 22.3 Å². The summed E-state index contributed by atoms with van der Waals surface area (Å²) in [5.74, 6) is 1.57. The second kappa shape index (κ2) is 20.2. The molecule has 1 fully saturated rings. The molecule has 0 unspecified atom stereocenters. The van der Waals surface area contributed by atoms with E-state index in [9.17, 15) is 5.11 Å². The molecule has 5 heteroatoms. The molecule has 11 rings (SSSR count). The van der Waals surface area contributed by atoms with E-state index >= 15 is 0 Å². The van der Waals surface area contributed by atoms with Gasteiger partial charge in [0.2, 0.25) is 0 Å². The molecule has 1 N–H and O–H groups in total. The maximum atomic E-state index is 12.4. The van der Waals surface area contributed by atoms with E-state index < -0.39 is 0 Å². The summed E-state index contributed by atoms with van der Waals surface area (Å²) in [6.07, 6.45) is 8.19. The smallest absolute Gasteiger partial charge is 0.148 e. The van der Waals surface area contributed by atoms with Gasteiger partial charge in [-0.3, -0.25) is 9.55 Å². The van der Waals surface area contributed by atoms with Gasteiger partial charge >= 0.3 is 0 Å². The predicted octanol–water partition coefficient (Wildman–Crippen LogP) is 17.3. The Bertz CT molecular complexity index is 3510. The van der Waals surface area contributed by atoms with Gasteiger partial charge in [-0.05, 0) is 87.0 Å². The number of fused-ring (bicyclic) bond motifs is 1. The van der Waals surface area contributed by atoms with Crippen molar-refractivity contribution in [3.8, 4) is 78.6 Å². The van der Waals surface area contributed by atoms with E-state index in [4.69, 9.17) is 9.97 Å². The second-order valence-electron chi connectivity index (χ2n) is 21.0. The Kier molecular flexibility index (Phi) is 13.6. The molecule has 0 atom stereocenters. The summed E-state index contributed by atoms with van der Waals surface area (Å²) in [7, 11) is 0. The Morgan fingerprint density at radius 2 is 1.15 bits per heavy atom. The maximum absolute atomic E-state index is 12.4. The molecule has 0 saturated heterocycles. The molecule has 0 radical (unpaired) electrons. The molecule has 0 amide bonds. The molecule has 0 spiro atoms. The standard InChI is InChI=1S/C67H60N3O.Pt/c1-66(2,3)55-42-51(41-52(43-55)60-44-50(37-38-68-60)47-32-34-54(35-33-47)67(4,5)53-25-13-8-14-26-53)56-27-18-30-62-63(56)69-65(58-29-17-28-57(64(58)71)48-21-9-6-10-22-48)70(62)61-36-31-46(39-45-19-15-16-20-45)40-59(61)49-23-11-7-12-24-49;/h6-14,17-18,21-38,40,42-45,71H,15-16,19-20,39H2,1-5H3;/q-1;. The Labute approximate surface area is 439 Å². The van der Waals surface area contributed by atoms with Crippen LogP contribution in [-0.2, 0) is 38.3 Å². The number of nitrogens with zero attached hydrogens (tertiary/aromatic N) is 3. The SMILES string of the molecule is CC(C)(C)c1cc(-c2cc(-c3ccc(C(C)(C)c4ccccc4)cc3)ccn2)[c-]c(-c2cccc3c2nc(-c2cccc(-c4ccccc4)c2O)n3-c2ccc(CC3CCCC3)cc2-c2ccccc2)c1.[Pt]. The summed E-state index contributed by atoms with van der Waals surface area (Å²) in [4.78, 5) is 10.6. The third kappa shape index (κ3) is 9.53. The van der Waals surface area contributed by atoms with Crippen LogP contribution in [0.3, 0.4) is 0 Å². The van der Waals surface area contributed by atoms with Gasteiger partial charge in [0.1, 0.15) is 11.6 Å². The summed E-state index contributed by atoms with van der Waals surface area (Å²) in [5, 5.41) is 12.4. The van der Waals surface area contributed by atoms with Gasteiger partial charge in [0, 0.05) is 49.5 Å². The first-order valence-electron chi connectivity index (χ1n) is 25.3. The number of rotatable bonds is 11. The molecule has 10 aromatic rings. The van der Waals surface area contributed by atoms with Crippen molar-refractivity contribution in [1.82, 2.24) is 14.5 Å². The quantitative estimate of drug-likeness (QED) is 0.131. The van der Waals surface area contributed by atoms with Crippen LogP contribution in [0.25, 0.3) is 83.9 Å². The number of aromatic nitrogens is 3. The van der Waals surface area contributed by atoms with E-state index in [1.54, 1.807) is 0 Å². The normalized spacial score (nSPS) is 13.1. The Hall–Kier alpha value is -7.13. The molecular weight excluding hydrogens is 1060 g/mol. The molecule has 0 bridgehead atoms. The molecule has 1 aliphatic carbocycles. The number of imidazole rings is 1. The number of pyridine rings is 1. The predicted molar refractivity (Wildman–Crippen MR) is 295 cm³/mol. The molecular formula is C67H60N3OPt-. The monoisotopic (exact) mass is 1120 g/mol. The van der Waals surface area contributed by atoms with Crippen molar-refractivity contribution in [2.24, 2.45) is 5.92 Å². The minimum atomic E-state index is -0.176. The summed E-state index contributed by atoms with van der Waals surface area (Å²) in [5.41, 5.74) is 18.1. The molecule has 360 valence electrons. The van der Waals surface area contributed by atoms with Gasteiger partial charge in [0.25, 0.3) is 0 Å². The minimum Gasteiger partial charge on any atom is -0.507 e. The first-order chi connectivity index (χ1) is 34.5. The number of hydrogen-bond donors (Lipinski definition) is 1. The van der Waals surface area contributed by atoms with Crippen molar-refractivity contribution in [2.75, 3.05) is 0 Å². The fraction of sp³-hybridized carbons (Fsp3) is 0.194. The van der Waals surface area contributed by atoms with Crippen molar-refractivity contribution in [2.45, 2.75) is 77.6 Å². The fourth-order valence-electron chi connectivity index (χ4n) is 10.8. The van der Waals surface area contributed by atoms with E-state index in [2.05, 4.69) is 191 Å². The zero-order chi connectivity index (χ0) is 48.7. The molecule has 1 aliphatic rings. The number of hydrogen-bond acceptors (Lipinski definition) is 3. The molecule has 1 saturated carbocycles. The van der Waals surface area contributed by atoms with E-state index in [0.717, 1.165) is 78.9 Å². The molecule has 2 aromatic heterocycles. The number of benzene rings is 8. The van der Waals surface area contributed by atoms with Crippen molar-refractivity contribution in [3.63, 3.8) is 0 Å². The fourth-order valence-corrected chi connectivity index (χ4v) is 10.8. The Morgan fingerprint density at radius 3 is 1.85 bits per heavy atom. The van der Waals surface area contributed by atoms with Crippen LogP contribution in [0.5, 0.6) is 5.75 Å². The molecule has 0 aliphatic heterocycles.